The van der Waals surface area contributed by atoms with Gasteiger partial charge in [-0.3, -0.25) is 14.2 Å². The molecule has 0 saturated carbocycles. The second-order valence-electron chi connectivity index (χ2n) is 7.65. The van der Waals surface area contributed by atoms with Crippen LogP contribution < -0.4 is 20.9 Å². The fourth-order valence-electron chi connectivity index (χ4n) is 3.13. The summed E-state index contributed by atoms with van der Waals surface area (Å²) in [6.07, 6.45) is -4.91. The summed E-state index contributed by atoms with van der Waals surface area (Å²) < 4.78 is 44.4. The van der Waals surface area contributed by atoms with Gasteiger partial charge in [0.05, 0.1) is 6.54 Å². The van der Waals surface area contributed by atoms with Crippen molar-refractivity contribution in [1.82, 2.24) is 19.7 Å². The topological polar surface area (TPSA) is 111 Å². The van der Waals surface area contributed by atoms with Gasteiger partial charge in [-0.1, -0.05) is 43.6 Å². The maximum Gasteiger partial charge on any atom is 0.397 e. The fourth-order valence-corrected chi connectivity index (χ4v) is 3.26. The minimum absolute atomic E-state index is 0.00725. The number of alkyl halides is 3. The van der Waals surface area contributed by atoms with Gasteiger partial charge in [-0.2, -0.15) is 13.2 Å². The second-order valence-corrected chi connectivity index (χ2v) is 8.09. The summed E-state index contributed by atoms with van der Waals surface area (Å²) in [6, 6.07) is 18.5. The molecule has 0 aliphatic rings. The first-order chi connectivity index (χ1) is 18.7. The normalized spacial score (nSPS) is 10.7. The Kier molecular flexibility index (Phi) is 9.98. The van der Waals surface area contributed by atoms with Crippen molar-refractivity contribution in [2.75, 3.05) is 10.6 Å². The van der Waals surface area contributed by atoms with Crippen LogP contribution in [0.3, 0.4) is 0 Å². The number of amides is 1. The van der Waals surface area contributed by atoms with E-state index >= 15 is 0 Å². The summed E-state index contributed by atoms with van der Waals surface area (Å²) in [6.45, 7) is 3.97. The Morgan fingerprint density at radius 1 is 1.00 bits per heavy atom. The van der Waals surface area contributed by atoms with E-state index in [1.807, 2.05) is 19.2 Å². The van der Waals surface area contributed by atoms with Crippen molar-refractivity contribution in [1.29, 1.82) is 0 Å². The molecule has 9 nitrogen and oxygen atoms in total. The van der Waals surface area contributed by atoms with Crippen LogP contribution in [0.1, 0.15) is 25.8 Å². The molecule has 2 N–H and O–H groups in total. The highest BCUT2D eigenvalue weighted by molar-refractivity contribution is 6.30. The van der Waals surface area contributed by atoms with Gasteiger partial charge in [-0.05, 0) is 48.0 Å². The quantitative estimate of drug-likeness (QED) is 0.264. The number of benzene rings is 2. The highest BCUT2D eigenvalue weighted by Crippen LogP contribution is 2.23. The molecule has 0 radical (unpaired) electrons. The summed E-state index contributed by atoms with van der Waals surface area (Å²) in [5, 5.41) is 12.9. The summed E-state index contributed by atoms with van der Waals surface area (Å²) in [7, 11) is 0. The molecule has 13 heteroatoms. The Balaban J connectivity index is 0.00000205. The van der Waals surface area contributed by atoms with Crippen LogP contribution in [0.2, 0.25) is 5.02 Å². The number of pyridine rings is 1. The van der Waals surface area contributed by atoms with Gasteiger partial charge >= 0.3 is 6.18 Å². The first kappa shape index (κ1) is 29.1. The van der Waals surface area contributed by atoms with Crippen LogP contribution in [-0.2, 0) is 11.3 Å². The number of ether oxygens (including phenoxy) is 1. The van der Waals surface area contributed by atoms with E-state index in [-0.39, 0.29) is 12.5 Å². The zero-order valence-electron chi connectivity index (χ0n) is 20.9. The number of aromatic nitrogens is 4. The van der Waals surface area contributed by atoms with E-state index in [9.17, 15) is 22.8 Å². The van der Waals surface area contributed by atoms with Crippen molar-refractivity contribution in [3.05, 3.63) is 93.9 Å². The van der Waals surface area contributed by atoms with E-state index in [0.717, 1.165) is 4.57 Å². The Bertz CT molecular complexity index is 1430. The van der Waals surface area contributed by atoms with Crippen LogP contribution >= 0.6 is 11.6 Å². The van der Waals surface area contributed by atoms with Crippen LogP contribution in [0.15, 0.2) is 77.7 Å². The van der Waals surface area contributed by atoms with Gasteiger partial charge in [0.25, 0.3) is 5.56 Å². The van der Waals surface area contributed by atoms with Crippen LogP contribution in [0.4, 0.5) is 30.6 Å². The summed E-state index contributed by atoms with van der Waals surface area (Å²) >= 11 is 5.93. The van der Waals surface area contributed by atoms with Crippen molar-refractivity contribution < 1.29 is 22.7 Å². The number of hydrogen-bond acceptors (Lipinski definition) is 7. The molecule has 0 aliphatic heterocycles. The summed E-state index contributed by atoms with van der Waals surface area (Å²) in [4.78, 5) is 28.9. The van der Waals surface area contributed by atoms with Crippen LogP contribution in [0, 0.1) is 0 Å². The highest BCUT2D eigenvalue weighted by atomic mass is 35.5. The third kappa shape index (κ3) is 8.82. The fraction of sp³-hybridized carbons (Fsp3) is 0.192. The minimum atomic E-state index is -4.74. The Labute approximate surface area is 226 Å². The molecular formula is C26H24ClF3N6O3. The number of anilines is 3. The SMILES string of the molecule is CC.O=C(CC(F)(F)F)Nc1nnc(Nc2ccc(Oc3ccccn3)cc2)n(Cc2ccc(Cl)cc2)c1=O. The van der Waals surface area contributed by atoms with Gasteiger partial charge in [-0.15, -0.1) is 10.2 Å². The lowest BCUT2D eigenvalue weighted by Gasteiger charge is -2.15. The molecule has 2 aromatic carbocycles. The van der Waals surface area contributed by atoms with Crippen LogP contribution in [0.25, 0.3) is 0 Å². The molecule has 39 heavy (non-hydrogen) atoms. The molecular weight excluding hydrogens is 537 g/mol. The van der Waals surface area contributed by atoms with E-state index < -0.39 is 29.9 Å². The van der Waals surface area contributed by atoms with E-state index in [2.05, 4.69) is 20.5 Å². The van der Waals surface area contributed by atoms with Gasteiger partial charge in [0.1, 0.15) is 12.2 Å². The van der Waals surface area contributed by atoms with Crippen LogP contribution in [0.5, 0.6) is 11.6 Å². The third-order valence-electron chi connectivity index (χ3n) is 4.79. The van der Waals surface area contributed by atoms with Gasteiger partial charge in [-0.25, -0.2) is 4.98 Å². The summed E-state index contributed by atoms with van der Waals surface area (Å²) in [5.74, 6) is -1.15. The molecule has 0 bridgehead atoms. The number of carbonyl (C=O) groups excluding carboxylic acids is 1. The van der Waals surface area contributed by atoms with Crippen LogP contribution in [-0.4, -0.2) is 31.8 Å². The molecule has 0 saturated heterocycles. The molecule has 0 aliphatic carbocycles. The maximum atomic E-state index is 13.1. The molecule has 204 valence electrons. The number of nitrogens with one attached hydrogen (secondary N) is 2. The predicted octanol–water partition coefficient (Wildman–Crippen LogP) is 6.19. The average molecular weight is 561 g/mol. The number of halogens is 4. The molecule has 1 amide bonds. The van der Waals surface area contributed by atoms with Gasteiger partial charge in [0, 0.05) is 23.0 Å². The number of carbonyl (C=O) groups is 1. The third-order valence-corrected chi connectivity index (χ3v) is 5.04. The molecule has 2 heterocycles. The number of nitrogens with zero attached hydrogens (tertiary/aromatic N) is 4. The Hall–Kier alpha value is -4.45. The predicted molar refractivity (Wildman–Crippen MR) is 142 cm³/mol. The van der Waals surface area contributed by atoms with Gasteiger partial charge < -0.3 is 15.4 Å². The zero-order chi connectivity index (χ0) is 28.4. The monoisotopic (exact) mass is 560 g/mol. The molecule has 2 aromatic heterocycles. The molecule has 4 aromatic rings. The number of rotatable bonds is 8. The van der Waals surface area contributed by atoms with E-state index in [0.29, 0.717) is 27.9 Å². The molecule has 4 rings (SSSR count). The van der Waals surface area contributed by atoms with Crippen molar-refractivity contribution in [3.8, 4) is 11.6 Å². The molecule has 0 spiro atoms. The summed E-state index contributed by atoms with van der Waals surface area (Å²) in [5.41, 5.74) is 0.313. The molecule has 0 unspecified atom stereocenters. The first-order valence-electron chi connectivity index (χ1n) is 11.7. The van der Waals surface area contributed by atoms with Gasteiger partial charge in [0.15, 0.2) is 0 Å². The smallest absolute Gasteiger partial charge is 0.397 e. The largest absolute Gasteiger partial charge is 0.439 e. The average Bonchev–Trinajstić information content (AvgIpc) is 2.91. The lowest BCUT2D eigenvalue weighted by molar-refractivity contribution is -0.150. The molecule has 0 fully saturated rings. The maximum absolute atomic E-state index is 13.1. The minimum Gasteiger partial charge on any atom is -0.439 e. The van der Waals surface area contributed by atoms with Crippen molar-refractivity contribution in [3.63, 3.8) is 0 Å². The van der Waals surface area contributed by atoms with E-state index in [4.69, 9.17) is 16.3 Å². The second kappa shape index (κ2) is 13.4. The van der Waals surface area contributed by atoms with E-state index in [1.165, 1.54) is 0 Å². The van der Waals surface area contributed by atoms with Crippen molar-refractivity contribution in [2.24, 2.45) is 0 Å². The Morgan fingerprint density at radius 3 is 2.31 bits per heavy atom. The molecule has 0 atom stereocenters. The zero-order valence-corrected chi connectivity index (χ0v) is 21.6. The van der Waals surface area contributed by atoms with Crippen molar-refractivity contribution >= 4 is 35.0 Å². The first-order valence-corrected chi connectivity index (χ1v) is 12.1. The lowest BCUT2D eigenvalue weighted by Crippen LogP contribution is -2.31. The Morgan fingerprint density at radius 2 is 1.69 bits per heavy atom. The highest BCUT2D eigenvalue weighted by Gasteiger charge is 2.32. The number of hydrogen-bond donors (Lipinski definition) is 2. The lowest BCUT2D eigenvalue weighted by atomic mass is 10.2. The van der Waals surface area contributed by atoms with Crippen molar-refractivity contribution in [2.45, 2.75) is 33.0 Å². The standard InChI is InChI=1S/C24H18ClF3N6O3.C2H6/c25-16-6-4-15(5-7-16)14-34-22(36)21(31-19(35)13-24(26,27)28)32-33-23(34)30-17-8-10-18(11-9-17)37-20-3-1-2-12-29-20;1-2/h1-12H,13-14H2,(H,30,33)(H,31,32,35);1-2H3. The van der Waals surface area contributed by atoms with E-state index in [1.54, 1.807) is 72.9 Å². The van der Waals surface area contributed by atoms with Gasteiger partial charge in [0.2, 0.25) is 23.6 Å².